The minimum atomic E-state index is -3.92. The molecule has 1 aliphatic rings. The highest BCUT2D eigenvalue weighted by Gasteiger charge is 2.25. The molecule has 1 aromatic carbocycles. The molecule has 0 heterocycles. The number of carbonyl (C=O) groups is 2. The molecule has 21 heavy (non-hydrogen) atoms. The second-order valence-corrected chi connectivity index (χ2v) is 6.10. The Hall–Kier alpha value is -2.41. The zero-order valence-corrected chi connectivity index (χ0v) is 12.2. The van der Waals surface area contributed by atoms with Crippen molar-refractivity contribution in [2.45, 2.75) is 11.8 Å². The van der Waals surface area contributed by atoms with Gasteiger partial charge in [0.2, 0.25) is 11.6 Å². The standard InChI is InChI=1S/C14H13NO5S/c1-9-3-5-10(6-4-9)21(18,19)15-11-7-13(17)14(20-2)8-12(11)16/h3-8,15H,1-2H3. The summed E-state index contributed by atoms with van der Waals surface area (Å²) >= 11 is 0. The van der Waals surface area contributed by atoms with E-state index in [-0.39, 0.29) is 16.4 Å². The quantitative estimate of drug-likeness (QED) is 0.833. The average Bonchev–Trinajstić information content (AvgIpc) is 2.42. The first-order valence-corrected chi connectivity index (χ1v) is 7.47. The van der Waals surface area contributed by atoms with Crippen molar-refractivity contribution in [1.29, 1.82) is 0 Å². The van der Waals surface area contributed by atoms with E-state index in [1.165, 1.54) is 19.2 Å². The number of aryl methyl sites for hydroxylation is 1. The summed E-state index contributed by atoms with van der Waals surface area (Å²) in [6.07, 6.45) is 1.86. The van der Waals surface area contributed by atoms with Gasteiger partial charge in [-0.3, -0.25) is 14.3 Å². The first-order chi connectivity index (χ1) is 9.83. The summed E-state index contributed by atoms with van der Waals surface area (Å²) in [5.74, 6) is -1.33. The molecule has 0 atom stereocenters. The summed E-state index contributed by atoms with van der Waals surface area (Å²) in [6.45, 7) is 1.83. The van der Waals surface area contributed by atoms with E-state index in [1.807, 2.05) is 6.92 Å². The number of hydrogen-bond acceptors (Lipinski definition) is 5. The lowest BCUT2D eigenvalue weighted by Crippen LogP contribution is -2.30. The summed E-state index contributed by atoms with van der Waals surface area (Å²) in [5, 5.41) is 0. The SMILES string of the molecule is COC1=CC(=O)C(NS(=O)(=O)c2ccc(C)cc2)=CC1=O. The van der Waals surface area contributed by atoms with Crippen molar-refractivity contribution in [3.63, 3.8) is 0 Å². The van der Waals surface area contributed by atoms with E-state index in [0.29, 0.717) is 0 Å². The van der Waals surface area contributed by atoms with Gasteiger partial charge in [-0.2, -0.15) is 0 Å². The molecule has 1 N–H and O–H groups in total. The van der Waals surface area contributed by atoms with Crippen molar-refractivity contribution in [3.8, 4) is 0 Å². The third-order valence-corrected chi connectivity index (χ3v) is 4.22. The maximum absolute atomic E-state index is 12.1. The summed E-state index contributed by atoms with van der Waals surface area (Å²) in [4.78, 5) is 23.4. The number of nitrogens with one attached hydrogen (secondary N) is 1. The Morgan fingerprint density at radius 1 is 1.00 bits per heavy atom. The van der Waals surface area contributed by atoms with E-state index in [0.717, 1.165) is 17.7 Å². The predicted molar refractivity (Wildman–Crippen MR) is 74.7 cm³/mol. The molecule has 110 valence electrons. The lowest BCUT2D eigenvalue weighted by molar-refractivity contribution is -0.117. The highest BCUT2D eigenvalue weighted by Crippen LogP contribution is 2.15. The number of allylic oxidation sites excluding steroid dienone is 2. The lowest BCUT2D eigenvalue weighted by atomic mass is 10.1. The molecule has 0 amide bonds. The molecule has 1 aliphatic carbocycles. The number of hydrogen-bond donors (Lipinski definition) is 1. The maximum Gasteiger partial charge on any atom is 0.262 e. The van der Waals surface area contributed by atoms with Gasteiger partial charge in [-0.1, -0.05) is 17.7 Å². The molecule has 0 saturated carbocycles. The molecule has 0 unspecified atom stereocenters. The molecule has 0 saturated heterocycles. The van der Waals surface area contributed by atoms with Crippen molar-refractivity contribution in [3.05, 3.63) is 53.4 Å². The van der Waals surface area contributed by atoms with Crippen LogP contribution in [0.4, 0.5) is 0 Å². The van der Waals surface area contributed by atoms with Crippen LogP contribution in [0.5, 0.6) is 0 Å². The molecule has 1 aromatic rings. The third kappa shape index (κ3) is 3.19. The van der Waals surface area contributed by atoms with Gasteiger partial charge in [0.15, 0.2) is 5.76 Å². The molecule has 6 nitrogen and oxygen atoms in total. The summed E-state index contributed by atoms with van der Waals surface area (Å²) < 4.78 is 31.1. The molecule has 0 aliphatic heterocycles. The van der Waals surface area contributed by atoms with E-state index in [9.17, 15) is 18.0 Å². The molecule has 0 spiro atoms. The van der Waals surface area contributed by atoms with Crippen LogP contribution in [0.25, 0.3) is 0 Å². The first kappa shape index (κ1) is 15.0. The Bertz CT molecular complexity index is 757. The van der Waals surface area contributed by atoms with Gasteiger partial charge in [-0.15, -0.1) is 0 Å². The minimum absolute atomic E-state index is 0.00997. The maximum atomic E-state index is 12.1. The van der Waals surface area contributed by atoms with Gasteiger partial charge >= 0.3 is 0 Å². The molecule has 2 rings (SSSR count). The fourth-order valence-corrected chi connectivity index (χ4v) is 2.76. The van der Waals surface area contributed by atoms with E-state index in [4.69, 9.17) is 4.74 Å². The number of benzene rings is 1. The molecular formula is C14H13NO5S. The van der Waals surface area contributed by atoms with Crippen molar-refractivity contribution >= 4 is 21.6 Å². The van der Waals surface area contributed by atoms with E-state index in [1.54, 1.807) is 12.1 Å². The Balaban J connectivity index is 2.28. The Morgan fingerprint density at radius 3 is 2.19 bits per heavy atom. The lowest BCUT2D eigenvalue weighted by Gasteiger charge is -2.13. The largest absolute Gasteiger partial charge is 0.493 e. The molecule has 0 radical (unpaired) electrons. The second kappa shape index (κ2) is 5.53. The normalized spacial score (nSPS) is 15.3. The van der Waals surface area contributed by atoms with E-state index < -0.39 is 21.6 Å². The topological polar surface area (TPSA) is 89.5 Å². The van der Waals surface area contributed by atoms with Gasteiger partial charge in [0.25, 0.3) is 10.0 Å². The average molecular weight is 307 g/mol. The fraction of sp³-hybridized carbons (Fsp3) is 0.143. The number of ether oxygens (including phenoxy) is 1. The smallest absolute Gasteiger partial charge is 0.262 e. The minimum Gasteiger partial charge on any atom is -0.493 e. The Kier molecular flexibility index (Phi) is 3.95. The van der Waals surface area contributed by atoms with Gasteiger partial charge in [-0.25, -0.2) is 8.42 Å². The number of sulfonamides is 1. The molecule has 7 heteroatoms. The van der Waals surface area contributed by atoms with Crippen LogP contribution in [0.3, 0.4) is 0 Å². The van der Waals surface area contributed by atoms with Crippen molar-refractivity contribution in [1.82, 2.24) is 4.72 Å². The molecule has 0 bridgehead atoms. The zero-order chi connectivity index (χ0) is 15.6. The first-order valence-electron chi connectivity index (χ1n) is 5.99. The van der Waals surface area contributed by atoms with E-state index >= 15 is 0 Å². The van der Waals surface area contributed by atoms with Crippen LogP contribution in [-0.4, -0.2) is 27.1 Å². The van der Waals surface area contributed by atoms with Crippen LogP contribution in [0.1, 0.15) is 5.56 Å². The van der Waals surface area contributed by atoms with Gasteiger partial charge < -0.3 is 4.74 Å². The third-order valence-electron chi connectivity index (χ3n) is 2.84. The molecular weight excluding hydrogens is 294 g/mol. The van der Waals surface area contributed by atoms with Gasteiger partial charge in [0.05, 0.1) is 12.0 Å². The summed E-state index contributed by atoms with van der Waals surface area (Å²) in [7, 11) is -2.66. The van der Waals surface area contributed by atoms with Gasteiger partial charge in [0.1, 0.15) is 5.70 Å². The number of rotatable bonds is 4. The summed E-state index contributed by atoms with van der Waals surface area (Å²) in [5.41, 5.74) is 0.603. The van der Waals surface area contributed by atoms with Crippen LogP contribution >= 0.6 is 0 Å². The fourth-order valence-electron chi connectivity index (χ4n) is 1.70. The van der Waals surface area contributed by atoms with Crippen LogP contribution in [-0.2, 0) is 24.3 Å². The van der Waals surface area contributed by atoms with Gasteiger partial charge in [0, 0.05) is 12.2 Å². The van der Waals surface area contributed by atoms with E-state index in [2.05, 4.69) is 4.72 Å². The van der Waals surface area contributed by atoms with Crippen LogP contribution in [0, 0.1) is 6.92 Å². The highest BCUT2D eigenvalue weighted by molar-refractivity contribution is 7.89. The molecule has 0 fully saturated rings. The Labute approximate surface area is 122 Å². The van der Waals surface area contributed by atoms with Crippen LogP contribution < -0.4 is 4.72 Å². The number of ketones is 2. The van der Waals surface area contributed by atoms with Crippen molar-refractivity contribution in [2.24, 2.45) is 0 Å². The summed E-state index contributed by atoms with van der Waals surface area (Å²) in [6, 6.07) is 6.12. The predicted octanol–water partition coefficient (Wildman–Crippen LogP) is 0.839. The molecule has 0 aromatic heterocycles. The highest BCUT2D eigenvalue weighted by atomic mass is 32.2. The van der Waals surface area contributed by atoms with Crippen molar-refractivity contribution < 1.29 is 22.7 Å². The van der Waals surface area contributed by atoms with Crippen LogP contribution in [0.2, 0.25) is 0 Å². The zero-order valence-electron chi connectivity index (χ0n) is 11.4. The van der Waals surface area contributed by atoms with Crippen LogP contribution in [0.15, 0.2) is 52.8 Å². The monoisotopic (exact) mass is 307 g/mol. The Morgan fingerprint density at radius 2 is 1.62 bits per heavy atom. The number of methoxy groups -OCH3 is 1. The van der Waals surface area contributed by atoms with Gasteiger partial charge in [-0.05, 0) is 19.1 Å². The van der Waals surface area contributed by atoms with Crippen molar-refractivity contribution in [2.75, 3.05) is 7.11 Å². The second-order valence-electron chi connectivity index (χ2n) is 4.42. The number of carbonyl (C=O) groups excluding carboxylic acids is 2.